The predicted molar refractivity (Wildman–Crippen MR) is 76.8 cm³/mol. The van der Waals surface area contributed by atoms with E-state index in [9.17, 15) is 0 Å². The first-order valence-electron chi connectivity index (χ1n) is 5.04. The molecule has 0 spiro atoms. The van der Waals surface area contributed by atoms with Crippen molar-refractivity contribution in [3.63, 3.8) is 0 Å². The van der Waals surface area contributed by atoms with Crippen LogP contribution in [0.5, 0.6) is 0 Å². The van der Waals surface area contributed by atoms with Gasteiger partial charge in [-0.3, -0.25) is 0 Å². The zero-order chi connectivity index (χ0) is 11.4. The lowest BCUT2D eigenvalue weighted by Gasteiger charge is -2.27. The highest BCUT2D eigenvalue weighted by atomic mass is 32.2. The lowest BCUT2D eigenvalue weighted by Crippen LogP contribution is -2.21. The number of nitrogens with zero attached hydrogens (tertiary/aromatic N) is 1. The van der Waals surface area contributed by atoms with Gasteiger partial charge in [0.1, 0.15) is 4.71 Å². The Morgan fingerprint density at radius 3 is 1.38 bits per heavy atom. The van der Waals surface area contributed by atoms with Crippen molar-refractivity contribution in [2.24, 2.45) is 0 Å². The fraction of sp³-hybridized carbons (Fsp3) is 0.0769. The van der Waals surface area contributed by atoms with Crippen molar-refractivity contribution >= 4 is 36.6 Å². The minimum atomic E-state index is -0.162. The molecule has 0 aliphatic rings. The van der Waals surface area contributed by atoms with Crippen LogP contribution in [0.3, 0.4) is 0 Å². The number of hydrogen-bond donors (Lipinski definition) is 2. The van der Waals surface area contributed by atoms with Gasteiger partial charge in [0.2, 0.25) is 0 Å². The molecule has 0 aliphatic heterocycles. The summed E-state index contributed by atoms with van der Waals surface area (Å²) in [6.07, 6.45) is 0. The monoisotopic (exact) mass is 247 g/mol. The van der Waals surface area contributed by atoms with Crippen molar-refractivity contribution in [1.29, 1.82) is 0 Å². The van der Waals surface area contributed by atoms with Gasteiger partial charge in [0, 0.05) is 11.4 Å². The van der Waals surface area contributed by atoms with Gasteiger partial charge in [-0.15, -0.1) is 25.3 Å². The molecule has 0 radical (unpaired) electrons. The maximum absolute atomic E-state index is 4.41. The Hall–Kier alpha value is -1.06. The van der Waals surface area contributed by atoms with Gasteiger partial charge in [-0.1, -0.05) is 36.4 Å². The molecular formula is C13H13NS2. The summed E-state index contributed by atoms with van der Waals surface area (Å²) < 4.78 is -0.162. The summed E-state index contributed by atoms with van der Waals surface area (Å²) in [4.78, 5) is 2.06. The molecule has 16 heavy (non-hydrogen) atoms. The molecule has 2 aromatic carbocycles. The maximum Gasteiger partial charge on any atom is 0.121 e. The standard InChI is InChI=1S/C13H13NS2/c15-13(16)14(11-7-3-1-4-8-11)12-9-5-2-6-10-12/h1-10,13,15-16H. The third-order valence-electron chi connectivity index (χ3n) is 2.30. The molecule has 0 atom stereocenters. The van der Waals surface area contributed by atoms with Crippen LogP contribution in [0.25, 0.3) is 0 Å². The summed E-state index contributed by atoms with van der Waals surface area (Å²) in [5.74, 6) is 0. The van der Waals surface area contributed by atoms with Crippen LogP contribution in [-0.4, -0.2) is 4.71 Å². The van der Waals surface area contributed by atoms with Gasteiger partial charge >= 0.3 is 0 Å². The quantitative estimate of drug-likeness (QED) is 0.613. The Kier molecular flexibility index (Phi) is 3.80. The van der Waals surface area contributed by atoms with Crippen LogP contribution in [0.2, 0.25) is 0 Å². The number of hydrogen-bond acceptors (Lipinski definition) is 3. The van der Waals surface area contributed by atoms with Crippen molar-refractivity contribution < 1.29 is 0 Å². The van der Waals surface area contributed by atoms with Gasteiger partial charge in [0.25, 0.3) is 0 Å². The summed E-state index contributed by atoms with van der Waals surface area (Å²) in [6.45, 7) is 0. The minimum absolute atomic E-state index is 0.162. The van der Waals surface area contributed by atoms with Gasteiger partial charge in [0.15, 0.2) is 0 Å². The fourth-order valence-corrected chi connectivity index (χ4v) is 2.13. The molecule has 3 heteroatoms. The number of anilines is 2. The molecule has 82 valence electrons. The minimum Gasteiger partial charge on any atom is -0.320 e. The van der Waals surface area contributed by atoms with Crippen molar-refractivity contribution in [3.05, 3.63) is 60.7 Å². The second kappa shape index (κ2) is 5.32. The molecule has 0 saturated heterocycles. The van der Waals surface area contributed by atoms with Gasteiger partial charge < -0.3 is 4.90 Å². The Morgan fingerprint density at radius 1 is 0.688 bits per heavy atom. The van der Waals surface area contributed by atoms with Crippen molar-refractivity contribution in [2.45, 2.75) is 4.71 Å². The molecule has 0 aromatic heterocycles. The van der Waals surface area contributed by atoms with Crippen LogP contribution in [0, 0.1) is 0 Å². The van der Waals surface area contributed by atoms with E-state index in [2.05, 4.69) is 30.2 Å². The Morgan fingerprint density at radius 2 is 1.06 bits per heavy atom. The SMILES string of the molecule is SC(S)N(c1ccccc1)c1ccccc1. The van der Waals surface area contributed by atoms with Gasteiger partial charge in [-0.05, 0) is 24.3 Å². The normalized spacial score (nSPS) is 10.4. The van der Waals surface area contributed by atoms with Crippen LogP contribution in [-0.2, 0) is 0 Å². The molecule has 1 nitrogen and oxygen atoms in total. The van der Waals surface area contributed by atoms with Crippen LogP contribution < -0.4 is 4.90 Å². The average molecular weight is 247 g/mol. The van der Waals surface area contributed by atoms with Gasteiger partial charge in [-0.2, -0.15) is 0 Å². The summed E-state index contributed by atoms with van der Waals surface area (Å²) in [7, 11) is 0. The van der Waals surface area contributed by atoms with Crippen molar-refractivity contribution in [1.82, 2.24) is 0 Å². The zero-order valence-electron chi connectivity index (χ0n) is 8.69. The highest BCUT2D eigenvalue weighted by Crippen LogP contribution is 2.29. The third-order valence-corrected chi connectivity index (χ3v) is 2.76. The lowest BCUT2D eigenvalue weighted by molar-refractivity contribution is 1.13. The first-order chi connectivity index (χ1) is 7.79. The lowest BCUT2D eigenvalue weighted by atomic mass is 10.2. The van der Waals surface area contributed by atoms with E-state index < -0.39 is 0 Å². The highest BCUT2D eigenvalue weighted by molar-refractivity contribution is 7.99. The summed E-state index contributed by atoms with van der Waals surface area (Å²) in [5.41, 5.74) is 2.17. The molecule has 0 N–H and O–H groups in total. The predicted octanol–water partition coefficient (Wildman–Crippen LogP) is 3.97. The van der Waals surface area contributed by atoms with Gasteiger partial charge in [0.05, 0.1) is 0 Å². The molecule has 0 unspecified atom stereocenters. The fourth-order valence-electron chi connectivity index (χ4n) is 1.59. The zero-order valence-corrected chi connectivity index (χ0v) is 10.5. The van der Waals surface area contributed by atoms with E-state index in [0.29, 0.717) is 0 Å². The Bertz CT molecular complexity index is 389. The molecule has 0 heterocycles. The third kappa shape index (κ3) is 2.54. The van der Waals surface area contributed by atoms with Crippen LogP contribution >= 0.6 is 25.3 Å². The van der Waals surface area contributed by atoms with Crippen LogP contribution in [0.15, 0.2) is 60.7 Å². The van der Waals surface area contributed by atoms with E-state index in [1.54, 1.807) is 0 Å². The Balaban J connectivity index is 2.40. The van der Waals surface area contributed by atoms with Crippen molar-refractivity contribution in [2.75, 3.05) is 4.90 Å². The molecule has 0 amide bonds. The van der Waals surface area contributed by atoms with Crippen molar-refractivity contribution in [3.8, 4) is 0 Å². The van der Waals surface area contributed by atoms with Crippen LogP contribution in [0.4, 0.5) is 11.4 Å². The van der Waals surface area contributed by atoms with E-state index in [1.807, 2.05) is 60.7 Å². The summed E-state index contributed by atoms with van der Waals surface area (Å²) in [6, 6.07) is 20.2. The van der Waals surface area contributed by atoms with E-state index in [4.69, 9.17) is 0 Å². The molecule has 0 fully saturated rings. The number of para-hydroxylation sites is 2. The largest absolute Gasteiger partial charge is 0.320 e. The topological polar surface area (TPSA) is 3.24 Å². The van der Waals surface area contributed by atoms with E-state index in [0.717, 1.165) is 11.4 Å². The Labute approximate surface area is 107 Å². The highest BCUT2D eigenvalue weighted by Gasteiger charge is 2.12. The van der Waals surface area contributed by atoms with E-state index >= 15 is 0 Å². The molecule has 0 bridgehead atoms. The first-order valence-corrected chi connectivity index (χ1v) is 6.08. The smallest absolute Gasteiger partial charge is 0.121 e. The second-order valence-corrected chi connectivity index (χ2v) is 4.77. The molecular weight excluding hydrogens is 234 g/mol. The average Bonchev–Trinajstić information content (AvgIpc) is 2.31. The number of rotatable bonds is 3. The summed E-state index contributed by atoms with van der Waals surface area (Å²) in [5, 5.41) is 0. The number of benzene rings is 2. The molecule has 0 aliphatic carbocycles. The maximum atomic E-state index is 4.41. The first kappa shape index (κ1) is 11.4. The summed E-state index contributed by atoms with van der Waals surface area (Å²) >= 11 is 8.81. The molecule has 0 saturated carbocycles. The molecule has 2 aromatic rings. The molecule has 2 rings (SSSR count). The van der Waals surface area contributed by atoms with E-state index in [-0.39, 0.29) is 4.71 Å². The van der Waals surface area contributed by atoms with E-state index in [1.165, 1.54) is 0 Å². The van der Waals surface area contributed by atoms with Crippen LogP contribution in [0.1, 0.15) is 0 Å². The van der Waals surface area contributed by atoms with Gasteiger partial charge in [-0.25, -0.2) is 0 Å². The second-order valence-electron chi connectivity index (χ2n) is 3.39. The number of thiol groups is 2.